The third kappa shape index (κ3) is 4.93. The maximum absolute atomic E-state index is 12.2. The third-order valence-electron chi connectivity index (χ3n) is 2.46. The molecule has 0 spiro atoms. The van der Waals surface area contributed by atoms with Crippen molar-refractivity contribution >= 4 is 31.9 Å². The predicted molar refractivity (Wildman–Crippen MR) is 76.2 cm³/mol. The molecule has 7 heteroatoms. The maximum atomic E-state index is 12.2. The Morgan fingerprint density at radius 1 is 1.42 bits per heavy atom. The second kappa shape index (κ2) is 6.49. The summed E-state index contributed by atoms with van der Waals surface area (Å²) in [6.45, 7) is 2.79. The van der Waals surface area contributed by atoms with Crippen molar-refractivity contribution in [2.75, 3.05) is 6.54 Å². The normalized spacial score (nSPS) is 12.1. The minimum absolute atomic E-state index is 0.210. The molecule has 0 aliphatic rings. The van der Waals surface area contributed by atoms with Crippen molar-refractivity contribution < 1.29 is 18.3 Å². The van der Waals surface area contributed by atoms with E-state index in [-0.39, 0.29) is 5.75 Å². The van der Waals surface area contributed by atoms with Gasteiger partial charge in [-0.25, -0.2) is 8.42 Å². The van der Waals surface area contributed by atoms with Gasteiger partial charge in [-0.05, 0) is 31.5 Å². The van der Waals surface area contributed by atoms with Crippen molar-refractivity contribution in [3.63, 3.8) is 0 Å². The zero-order valence-electron chi connectivity index (χ0n) is 10.7. The highest BCUT2D eigenvalue weighted by Gasteiger charge is 2.27. The fourth-order valence-electron chi connectivity index (χ4n) is 1.66. The molecule has 1 aromatic carbocycles. The van der Waals surface area contributed by atoms with Crippen LogP contribution in [0.5, 0.6) is 0 Å². The van der Waals surface area contributed by atoms with Gasteiger partial charge in [0.15, 0.2) is 0 Å². The molecule has 106 valence electrons. The van der Waals surface area contributed by atoms with Crippen LogP contribution in [0.25, 0.3) is 0 Å². The van der Waals surface area contributed by atoms with Gasteiger partial charge in [-0.3, -0.25) is 4.79 Å². The van der Waals surface area contributed by atoms with Crippen molar-refractivity contribution in [2.24, 2.45) is 0 Å². The van der Waals surface area contributed by atoms with Gasteiger partial charge in [-0.1, -0.05) is 28.1 Å². The first-order valence-electron chi connectivity index (χ1n) is 5.68. The molecule has 5 nitrogen and oxygen atoms in total. The molecule has 0 saturated carbocycles. The Kier molecular flexibility index (Phi) is 5.51. The molecule has 0 heterocycles. The second-order valence-electron chi connectivity index (χ2n) is 4.42. The maximum Gasteiger partial charge on any atom is 0.318 e. The molecule has 0 aliphatic carbocycles. The molecule has 0 aromatic heterocycles. The number of nitrogens with zero attached hydrogens (tertiary/aromatic N) is 1. The Hall–Kier alpha value is -0.920. The largest absolute Gasteiger partial charge is 0.480 e. The molecular weight excluding hydrogens is 334 g/mol. The van der Waals surface area contributed by atoms with Crippen molar-refractivity contribution in [3.05, 3.63) is 34.3 Å². The number of carboxylic acid groups (broad SMARTS) is 1. The van der Waals surface area contributed by atoms with E-state index in [0.29, 0.717) is 5.56 Å². The topological polar surface area (TPSA) is 74.7 Å². The fraction of sp³-hybridized carbons (Fsp3) is 0.417. The van der Waals surface area contributed by atoms with Gasteiger partial charge in [-0.15, -0.1) is 0 Å². The number of halogens is 1. The van der Waals surface area contributed by atoms with Gasteiger partial charge in [0, 0.05) is 10.5 Å². The van der Waals surface area contributed by atoms with Crippen molar-refractivity contribution in [3.8, 4) is 0 Å². The molecule has 0 fully saturated rings. The van der Waals surface area contributed by atoms with E-state index in [9.17, 15) is 13.2 Å². The standard InChI is InChI=1S/C12H16BrNO4S/c1-9(2)14(7-12(15)16)19(17,18)8-10-4-3-5-11(13)6-10/h3-6,9H,7-8H2,1-2H3,(H,15,16). The molecule has 0 saturated heterocycles. The monoisotopic (exact) mass is 349 g/mol. The molecule has 0 aliphatic heterocycles. The van der Waals surface area contributed by atoms with E-state index in [1.54, 1.807) is 38.1 Å². The Morgan fingerprint density at radius 3 is 2.53 bits per heavy atom. The first kappa shape index (κ1) is 16.1. The summed E-state index contributed by atoms with van der Waals surface area (Å²) in [5.41, 5.74) is 0.616. The van der Waals surface area contributed by atoms with Crippen LogP contribution in [0.2, 0.25) is 0 Å². The number of benzene rings is 1. The molecule has 0 unspecified atom stereocenters. The van der Waals surface area contributed by atoms with Crippen LogP contribution in [0.1, 0.15) is 19.4 Å². The van der Waals surface area contributed by atoms with Crippen LogP contribution in [-0.2, 0) is 20.6 Å². The van der Waals surface area contributed by atoms with Crippen LogP contribution in [0, 0.1) is 0 Å². The van der Waals surface area contributed by atoms with Gasteiger partial charge in [0.2, 0.25) is 10.0 Å². The van der Waals surface area contributed by atoms with Gasteiger partial charge in [0.25, 0.3) is 0 Å². The molecule has 0 radical (unpaired) electrons. The number of carbonyl (C=O) groups is 1. The Balaban J connectivity index is 2.98. The number of hydrogen-bond donors (Lipinski definition) is 1. The van der Waals surface area contributed by atoms with Crippen LogP contribution in [0.15, 0.2) is 28.7 Å². The van der Waals surface area contributed by atoms with E-state index in [2.05, 4.69) is 15.9 Å². The Bertz CT molecular complexity index is 557. The van der Waals surface area contributed by atoms with E-state index in [1.165, 1.54) is 0 Å². The van der Waals surface area contributed by atoms with Gasteiger partial charge in [0.1, 0.15) is 6.54 Å². The minimum Gasteiger partial charge on any atom is -0.480 e. The van der Waals surface area contributed by atoms with Gasteiger partial charge in [0.05, 0.1) is 5.75 Å². The van der Waals surface area contributed by atoms with Crippen LogP contribution >= 0.6 is 15.9 Å². The third-order valence-corrected chi connectivity index (χ3v) is 4.92. The Morgan fingerprint density at radius 2 is 2.05 bits per heavy atom. The van der Waals surface area contributed by atoms with E-state index >= 15 is 0 Å². The minimum atomic E-state index is -3.65. The number of carboxylic acids is 1. The molecule has 1 aromatic rings. The number of aliphatic carboxylic acids is 1. The fourth-order valence-corrected chi connectivity index (χ4v) is 3.82. The summed E-state index contributed by atoms with van der Waals surface area (Å²) in [5.74, 6) is -1.37. The van der Waals surface area contributed by atoms with Crippen LogP contribution in [0.4, 0.5) is 0 Å². The van der Waals surface area contributed by atoms with E-state index in [1.807, 2.05) is 0 Å². The molecule has 1 rings (SSSR count). The Labute approximate surface area is 121 Å². The number of rotatable bonds is 6. The molecule has 0 atom stereocenters. The highest BCUT2D eigenvalue weighted by Crippen LogP contribution is 2.17. The zero-order valence-corrected chi connectivity index (χ0v) is 13.1. The first-order valence-corrected chi connectivity index (χ1v) is 8.08. The van der Waals surface area contributed by atoms with E-state index < -0.39 is 28.6 Å². The first-order chi connectivity index (χ1) is 8.72. The van der Waals surface area contributed by atoms with E-state index in [0.717, 1.165) is 8.78 Å². The summed E-state index contributed by atoms with van der Waals surface area (Å²) < 4.78 is 26.3. The summed E-state index contributed by atoms with van der Waals surface area (Å²) >= 11 is 3.27. The average molecular weight is 350 g/mol. The molecule has 0 bridgehead atoms. The van der Waals surface area contributed by atoms with Gasteiger partial charge in [-0.2, -0.15) is 4.31 Å². The summed E-state index contributed by atoms with van der Waals surface area (Å²) in [6, 6.07) is 6.55. The molecule has 1 N–H and O–H groups in total. The molecule has 19 heavy (non-hydrogen) atoms. The van der Waals surface area contributed by atoms with Gasteiger partial charge < -0.3 is 5.11 Å². The highest BCUT2D eigenvalue weighted by atomic mass is 79.9. The van der Waals surface area contributed by atoms with Crippen LogP contribution in [0.3, 0.4) is 0 Å². The van der Waals surface area contributed by atoms with E-state index in [4.69, 9.17) is 5.11 Å². The quantitative estimate of drug-likeness (QED) is 0.852. The van der Waals surface area contributed by atoms with Crippen LogP contribution < -0.4 is 0 Å². The van der Waals surface area contributed by atoms with Crippen molar-refractivity contribution in [2.45, 2.75) is 25.6 Å². The summed E-state index contributed by atoms with van der Waals surface area (Å²) in [6.07, 6.45) is 0. The zero-order chi connectivity index (χ0) is 14.6. The molecule has 0 amide bonds. The lowest BCUT2D eigenvalue weighted by Crippen LogP contribution is -2.41. The second-order valence-corrected chi connectivity index (χ2v) is 7.26. The van der Waals surface area contributed by atoms with Crippen molar-refractivity contribution in [1.82, 2.24) is 4.31 Å². The smallest absolute Gasteiger partial charge is 0.318 e. The lowest BCUT2D eigenvalue weighted by atomic mass is 10.2. The summed E-state index contributed by atoms with van der Waals surface area (Å²) in [5, 5.41) is 8.79. The predicted octanol–water partition coefficient (Wildman–Crippen LogP) is 2.07. The van der Waals surface area contributed by atoms with Gasteiger partial charge >= 0.3 is 5.97 Å². The van der Waals surface area contributed by atoms with Crippen LogP contribution in [-0.4, -0.2) is 36.4 Å². The summed E-state index contributed by atoms with van der Waals surface area (Å²) in [4.78, 5) is 10.8. The highest BCUT2D eigenvalue weighted by molar-refractivity contribution is 9.10. The molecular formula is C12H16BrNO4S. The van der Waals surface area contributed by atoms with Crippen molar-refractivity contribution in [1.29, 1.82) is 0 Å². The summed E-state index contributed by atoms with van der Waals surface area (Å²) in [7, 11) is -3.65. The lowest BCUT2D eigenvalue weighted by Gasteiger charge is -2.24. The number of sulfonamides is 1. The average Bonchev–Trinajstić information content (AvgIpc) is 2.24. The SMILES string of the molecule is CC(C)N(CC(=O)O)S(=O)(=O)Cc1cccc(Br)c1. The lowest BCUT2D eigenvalue weighted by molar-refractivity contribution is -0.137. The number of hydrogen-bond acceptors (Lipinski definition) is 3.